The second-order valence-corrected chi connectivity index (χ2v) is 7.80. The molecule has 0 N–H and O–H groups in total. The van der Waals surface area contributed by atoms with Gasteiger partial charge in [0.25, 0.3) is 0 Å². The molecule has 5 aromatic rings. The maximum Gasteiger partial charge on any atom is 0.0619 e. The molecule has 0 saturated heterocycles. The van der Waals surface area contributed by atoms with E-state index in [9.17, 15) is 0 Å². The molecule has 138 valence electrons. The molecule has 6 rings (SSSR count). The van der Waals surface area contributed by atoms with E-state index >= 15 is 0 Å². The molecule has 1 aliphatic rings. The summed E-state index contributed by atoms with van der Waals surface area (Å²) in [5.74, 6) is 0.449. The van der Waals surface area contributed by atoms with Crippen LogP contribution in [-0.4, -0.2) is 9.55 Å². The van der Waals surface area contributed by atoms with Crippen molar-refractivity contribution in [3.63, 3.8) is 0 Å². The fraction of sp³-hybridized carbons (Fsp3) is 0.0741. The predicted molar refractivity (Wildman–Crippen MR) is 123 cm³/mol. The number of nitrogens with zero attached hydrogens (tertiary/aromatic N) is 2. The molecule has 0 saturated carbocycles. The van der Waals surface area contributed by atoms with Crippen molar-refractivity contribution in [1.29, 1.82) is 0 Å². The van der Waals surface area contributed by atoms with Crippen LogP contribution in [0.15, 0.2) is 85.2 Å². The van der Waals surface area contributed by atoms with Crippen LogP contribution >= 0.6 is 0 Å². The van der Waals surface area contributed by atoms with Crippen molar-refractivity contribution in [2.75, 3.05) is 0 Å². The lowest BCUT2D eigenvalue weighted by atomic mass is 10.0. The number of hydrogen-bond acceptors (Lipinski definition) is 1. The van der Waals surface area contributed by atoms with E-state index in [1.807, 2.05) is 12.4 Å². The van der Waals surface area contributed by atoms with E-state index in [0.29, 0.717) is 5.92 Å². The first-order chi connectivity index (χ1) is 14.3. The summed E-state index contributed by atoms with van der Waals surface area (Å²) in [4.78, 5) is 4.24. The standard InChI is InChI=1S/C27H20N2/c1-18-6-8-20-16-25-24-11-10-19-4-2-3-5-23(19)27(24)29(22-12-14-28-15-13-22)26(25)17-21(20)9-7-18/h2-18H,1H3. The molecule has 2 nitrogen and oxygen atoms in total. The molecule has 0 spiro atoms. The fourth-order valence-electron chi connectivity index (χ4n) is 4.48. The Labute approximate surface area is 169 Å². The lowest BCUT2D eigenvalue weighted by Gasteiger charge is -2.10. The fourth-order valence-corrected chi connectivity index (χ4v) is 4.48. The van der Waals surface area contributed by atoms with Crippen molar-refractivity contribution < 1.29 is 0 Å². The van der Waals surface area contributed by atoms with Crippen molar-refractivity contribution in [2.45, 2.75) is 6.92 Å². The maximum absolute atomic E-state index is 4.24. The Bertz CT molecular complexity index is 1450. The van der Waals surface area contributed by atoms with Gasteiger partial charge in [-0.1, -0.05) is 67.6 Å². The van der Waals surface area contributed by atoms with Crippen LogP contribution in [0, 0.1) is 5.92 Å². The highest BCUT2D eigenvalue weighted by Crippen LogP contribution is 2.38. The van der Waals surface area contributed by atoms with Gasteiger partial charge in [-0.25, -0.2) is 0 Å². The highest BCUT2D eigenvalue weighted by molar-refractivity contribution is 6.19. The first-order valence-electron chi connectivity index (χ1n) is 10.1. The molecule has 1 atom stereocenters. The zero-order chi connectivity index (χ0) is 19.4. The Balaban J connectivity index is 1.83. The van der Waals surface area contributed by atoms with Crippen molar-refractivity contribution in [3.8, 4) is 5.69 Å². The minimum Gasteiger partial charge on any atom is -0.308 e. The van der Waals surface area contributed by atoms with Gasteiger partial charge in [0, 0.05) is 34.2 Å². The molecule has 3 aromatic carbocycles. The monoisotopic (exact) mass is 372 g/mol. The molecule has 29 heavy (non-hydrogen) atoms. The summed E-state index contributed by atoms with van der Waals surface area (Å²) >= 11 is 0. The maximum atomic E-state index is 4.24. The summed E-state index contributed by atoms with van der Waals surface area (Å²) in [6, 6.07) is 22.0. The average Bonchev–Trinajstić information content (AvgIpc) is 2.98. The highest BCUT2D eigenvalue weighted by atomic mass is 15.0. The molecule has 2 aromatic heterocycles. The molecular formula is C27H20N2. The first-order valence-corrected chi connectivity index (χ1v) is 10.1. The molecule has 2 heterocycles. The molecule has 0 aliphatic heterocycles. The van der Waals surface area contributed by atoms with Gasteiger partial charge in [-0.05, 0) is 46.7 Å². The van der Waals surface area contributed by atoms with Crippen LogP contribution in [-0.2, 0) is 0 Å². The number of allylic oxidation sites excluding steroid dienone is 2. The molecule has 0 fully saturated rings. The number of rotatable bonds is 1. The predicted octanol–water partition coefficient (Wildman–Crippen LogP) is 7.01. The lowest BCUT2D eigenvalue weighted by Crippen LogP contribution is -1.95. The van der Waals surface area contributed by atoms with Gasteiger partial charge in [0.1, 0.15) is 0 Å². The summed E-state index contributed by atoms with van der Waals surface area (Å²) < 4.78 is 2.39. The van der Waals surface area contributed by atoms with E-state index < -0.39 is 0 Å². The van der Waals surface area contributed by atoms with Gasteiger partial charge in [0.05, 0.1) is 11.0 Å². The number of aromatic nitrogens is 2. The van der Waals surface area contributed by atoms with Gasteiger partial charge in [-0.3, -0.25) is 4.98 Å². The summed E-state index contributed by atoms with van der Waals surface area (Å²) in [7, 11) is 0. The second kappa shape index (κ2) is 6.18. The van der Waals surface area contributed by atoms with E-state index in [1.165, 1.54) is 43.7 Å². The van der Waals surface area contributed by atoms with Crippen LogP contribution in [0.4, 0.5) is 0 Å². The summed E-state index contributed by atoms with van der Waals surface area (Å²) in [6.07, 6.45) is 12.8. The van der Waals surface area contributed by atoms with Gasteiger partial charge in [-0.2, -0.15) is 0 Å². The Morgan fingerprint density at radius 2 is 1.52 bits per heavy atom. The smallest absolute Gasteiger partial charge is 0.0619 e. The largest absolute Gasteiger partial charge is 0.308 e. The topological polar surface area (TPSA) is 17.8 Å². The van der Waals surface area contributed by atoms with E-state index in [0.717, 1.165) is 5.69 Å². The summed E-state index contributed by atoms with van der Waals surface area (Å²) in [5.41, 5.74) is 6.16. The average molecular weight is 372 g/mol. The number of benzene rings is 3. The van der Waals surface area contributed by atoms with Crippen molar-refractivity contribution in [1.82, 2.24) is 9.55 Å². The quantitative estimate of drug-likeness (QED) is 0.309. The van der Waals surface area contributed by atoms with Crippen LogP contribution in [0.25, 0.3) is 50.4 Å². The van der Waals surface area contributed by atoms with E-state index in [1.54, 1.807) is 0 Å². The SMILES string of the molecule is CC1C=Cc2cc3c4ccc5ccccc5c4n(-c4ccncc4)c3cc2C=C1. The van der Waals surface area contributed by atoms with Crippen LogP contribution in [0.1, 0.15) is 18.1 Å². The molecular weight excluding hydrogens is 352 g/mol. The second-order valence-electron chi connectivity index (χ2n) is 7.80. The van der Waals surface area contributed by atoms with Gasteiger partial charge in [0.15, 0.2) is 0 Å². The van der Waals surface area contributed by atoms with Gasteiger partial charge < -0.3 is 4.57 Å². The third kappa shape index (κ3) is 2.46. The zero-order valence-corrected chi connectivity index (χ0v) is 16.2. The van der Waals surface area contributed by atoms with Crippen LogP contribution in [0.3, 0.4) is 0 Å². The van der Waals surface area contributed by atoms with Gasteiger partial charge >= 0.3 is 0 Å². The summed E-state index contributed by atoms with van der Waals surface area (Å²) in [5, 5.41) is 5.10. The van der Waals surface area contributed by atoms with Gasteiger partial charge in [0.2, 0.25) is 0 Å². The molecule has 1 aliphatic carbocycles. The van der Waals surface area contributed by atoms with Crippen molar-refractivity contribution >= 4 is 44.7 Å². The van der Waals surface area contributed by atoms with E-state index in [-0.39, 0.29) is 0 Å². The molecule has 2 heteroatoms. The minimum absolute atomic E-state index is 0.449. The molecule has 0 bridgehead atoms. The van der Waals surface area contributed by atoms with Crippen LogP contribution < -0.4 is 0 Å². The van der Waals surface area contributed by atoms with E-state index in [2.05, 4.69) is 101 Å². The highest BCUT2D eigenvalue weighted by Gasteiger charge is 2.17. The van der Waals surface area contributed by atoms with Gasteiger partial charge in [-0.15, -0.1) is 0 Å². The summed E-state index contributed by atoms with van der Waals surface area (Å²) in [6.45, 7) is 2.22. The Hall–Kier alpha value is -3.65. The first kappa shape index (κ1) is 16.3. The minimum atomic E-state index is 0.449. The number of fused-ring (bicyclic) bond motifs is 6. The van der Waals surface area contributed by atoms with Crippen molar-refractivity contribution in [3.05, 3.63) is 96.3 Å². The molecule has 1 unspecified atom stereocenters. The lowest BCUT2D eigenvalue weighted by molar-refractivity contribution is 0.954. The van der Waals surface area contributed by atoms with Crippen LogP contribution in [0.2, 0.25) is 0 Å². The third-order valence-corrected chi connectivity index (χ3v) is 5.94. The Morgan fingerprint density at radius 1 is 0.759 bits per heavy atom. The molecule has 0 amide bonds. The molecule has 0 radical (unpaired) electrons. The van der Waals surface area contributed by atoms with E-state index in [4.69, 9.17) is 0 Å². The number of pyridine rings is 1. The Kier molecular flexibility index (Phi) is 3.48. The third-order valence-electron chi connectivity index (χ3n) is 5.94. The number of hydrogen-bond donors (Lipinski definition) is 0. The normalized spacial score (nSPS) is 15.8. The van der Waals surface area contributed by atoms with Crippen molar-refractivity contribution in [2.24, 2.45) is 5.92 Å². The zero-order valence-electron chi connectivity index (χ0n) is 16.2. The Morgan fingerprint density at radius 3 is 2.34 bits per heavy atom. The van der Waals surface area contributed by atoms with Crippen LogP contribution in [0.5, 0.6) is 0 Å².